The summed E-state index contributed by atoms with van der Waals surface area (Å²) in [6.07, 6.45) is 2.87. The third-order valence-electron chi connectivity index (χ3n) is 5.69. The van der Waals surface area contributed by atoms with Crippen molar-refractivity contribution >= 4 is 11.6 Å². The summed E-state index contributed by atoms with van der Waals surface area (Å²) in [5, 5.41) is 13.4. The number of rotatable bonds is 8. The first-order chi connectivity index (χ1) is 16.6. The van der Waals surface area contributed by atoms with Crippen molar-refractivity contribution in [3.05, 3.63) is 71.9 Å². The van der Waals surface area contributed by atoms with Crippen LogP contribution in [0, 0.1) is 11.7 Å². The molecule has 3 aromatic rings. The Labute approximate surface area is 199 Å². The molecule has 0 bridgehead atoms. The predicted molar refractivity (Wildman–Crippen MR) is 121 cm³/mol. The Morgan fingerprint density at radius 1 is 1.14 bits per heavy atom. The second-order valence-electron chi connectivity index (χ2n) is 8.75. The van der Waals surface area contributed by atoms with Crippen LogP contribution in [0.3, 0.4) is 0 Å². The van der Waals surface area contributed by atoms with Crippen molar-refractivity contribution in [1.29, 1.82) is 0 Å². The van der Waals surface area contributed by atoms with E-state index in [0.717, 1.165) is 0 Å². The Bertz CT molecular complexity index is 1180. The molecular weight excluding hydrogens is 463 g/mol. The molecule has 1 unspecified atom stereocenters. The molecule has 1 fully saturated rings. The summed E-state index contributed by atoms with van der Waals surface area (Å²) in [6, 6.07) is 10.2. The summed E-state index contributed by atoms with van der Waals surface area (Å²) < 4.78 is 48.1. The second-order valence-corrected chi connectivity index (χ2v) is 8.75. The van der Waals surface area contributed by atoms with Gasteiger partial charge in [-0.2, -0.15) is 8.78 Å². The molecule has 7 nitrogen and oxygen atoms in total. The van der Waals surface area contributed by atoms with Gasteiger partial charge in [0.15, 0.2) is 0 Å². The van der Waals surface area contributed by atoms with E-state index in [-0.39, 0.29) is 17.7 Å². The number of nitrogens with zero attached hydrogens (tertiary/aromatic N) is 2. The van der Waals surface area contributed by atoms with Gasteiger partial charge in [-0.3, -0.25) is 9.78 Å². The molecule has 1 aliphatic heterocycles. The number of amides is 1. The molecule has 2 aromatic heterocycles. The standard InChI is InChI=1S/C25H24F3N3O4/c1-25(2,33)19-9-21(35-24(27)28)30-11-18(19)14-3-8-20(29-10-14)22(15-12-34-13-15)23(32)31-17-6-4-16(26)5-7-17/h3-11,15,22,24,33H,12-13H2,1-2H3,(H,31,32). The lowest BCUT2D eigenvalue weighted by atomic mass is 9.86. The van der Waals surface area contributed by atoms with E-state index in [1.165, 1.54) is 56.6 Å². The lowest BCUT2D eigenvalue weighted by Gasteiger charge is -2.32. The van der Waals surface area contributed by atoms with Gasteiger partial charge in [0.1, 0.15) is 5.82 Å². The Morgan fingerprint density at radius 2 is 1.86 bits per heavy atom. The van der Waals surface area contributed by atoms with Crippen LogP contribution in [0.25, 0.3) is 11.1 Å². The van der Waals surface area contributed by atoms with Crippen molar-refractivity contribution < 1.29 is 32.5 Å². The predicted octanol–water partition coefficient (Wildman–Crippen LogP) is 4.48. The van der Waals surface area contributed by atoms with Crippen LogP contribution in [-0.4, -0.2) is 40.8 Å². The number of carbonyl (C=O) groups is 1. The Morgan fingerprint density at radius 3 is 2.40 bits per heavy atom. The maximum absolute atomic E-state index is 13.2. The molecule has 0 saturated carbocycles. The number of alkyl halides is 2. The van der Waals surface area contributed by atoms with Crippen LogP contribution in [0.4, 0.5) is 18.9 Å². The zero-order chi connectivity index (χ0) is 25.2. The molecular formula is C25H24F3N3O4. The monoisotopic (exact) mass is 487 g/mol. The lowest BCUT2D eigenvalue weighted by molar-refractivity contribution is -0.124. The van der Waals surface area contributed by atoms with Gasteiger partial charge in [0.05, 0.1) is 30.4 Å². The van der Waals surface area contributed by atoms with E-state index in [4.69, 9.17) is 4.74 Å². The van der Waals surface area contributed by atoms with E-state index in [2.05, 4.69) is 20.0 Å². The maximum atomic E-state index is 13.2. The number of halogens is 3. The van der Waals surface area contributed by atoms with Crippen LogP contribution < -0.4 is 10.1 Å². The van der Waals surface area contributed by atoms with Crippen molar-refractivity contribution in [3.8, 4) is 17.0 Å². The number of anilines is 1. The second kappa shape index (κ2) is 10.0. The molecule has 1 aliphatic rings. The van der Waals surface area contributed by atoms with Crippen molar-refractivity contribution in [2.24, 2.45) is 5.92 Å². The van der Waals surface area contributed by atoms with Crippen LogP contribution >= 0.6 is 0 Å². The third kappa shape index (κ3) is 5.77. The molecule has 3 heterocycles. The molecule has 0 radical (unpaired) electrons. The third-order valence-corrected chi connectivity index (χ3v) is 5.69. The van der Waals surface area contributed by atoms with Gasteiger partial charge in [-0.05, 0) is 49.7 Å². The Kier molecular flexibility index (Phi) is 7.04. The zero-order valence-electron chi connectivity index (χ0n) is 19.0. The highest BCUT2D eigenvalue weighted by atomic mass is 19.3. The summed E-state index contributed by atoms with van der Waals surface area (Å²) >= 11 is 0. The van der Waals surface area contributed by atoms with E-state index in [1.807, 2.05) is 0 Å². The van der Waals surface area contributed by atoms with E-state index < -0.39 is 23.9 Å². The molecule has 35 heavy (non-hydrogen) atoms. The number of pyridine rings is 2. The number of aliphatic hydroxyl groups is 1. The molecule has 10 heteroatoms. The normalized spacial score (nSPS) is 14.9. The lowest BCUT2D eigenvalue weighted by Crippen LogP contribution is -2.39. The van der Waals surface area contributed by atoms with E-state index in [0.29, 0.717) is 41.3 Å². The number of ether oxygens (including phenoxy) is 2. The van der Waals surface area contributed by atoms with Gasteiger partial charge >= 0.3 is 6.61 Å². The van der Waals surface area contributed by atoms with Crippen molar-refractivity contribution in [1.82, 2.24) is 9.97 Å². The van der Waals surface area contributed by atoms with Gasteiger partial charge < -0.3 is 19.9 Å². The molecule has 0 aliphatic carbocycles. The molecule has 1 atom stereocenters. The van der Waals surface area contributed by atoms with E-state index in [9.17, 15) is 23.1 Å². The first-order valence-corrected chi connectivity index (χ1v) is 10.9. The summed E-state index contributed by atoms with van der Waals surface area (Å²) in [5.41, 5.74) is 0.984. The summed E-state index contributed by atoms with van der Waals surface area (Å²) in [7, 11) is 0. The highest BCUT2D eigenvalue weighted by Gasteiger charge is 2.36. The topological polar surface area (TPSA) is 93.6 Å². The van der Waals surface area contributed by atoms with Crippen LogP contribution in [0.5, 0.6) is 5.88 Å². The van der Waals surface area contributed by atoms with Gasteiger partial charge in [0.2, 0.25) is 11.8 Å². The van der Waals surface area contributed by atoms with Crippen molar-refractivity contribution in [3.63, 3.8) is 0 Å². The minimum absolute atomic E-state index is 0.0758. The van der Waals surface area contributed by atoms with Gasteiger partial charge in [0, 0.05) is 41.2 Å². The molecule has 4 rings (SSSR count). The largest absolute Gasteiger partial charge is 0.417 e. The molecule has 184 valence electrons. The molecule has 0 spiro atoms. The fourth-order valence-electron chi connectivity index (χ4n) is 3.87. The molecule has 1 amide bonds. The number of aromatic nitrogens is 2. The number of hydrogen-bond acceptors (Lipinski definition) is 6. The minimum atomic E-state index is -3.04. The summed E-state index contributed by atoms with van der Waals surface area (Å²) in [5.74, 6) is -1.69. The van der Waals surface area contributed by atoms with Gasteiger partial charge in [-0.25, -0.2) is 9.37 Å². The Balaban J connectivity index is 1.62. The van der Waals surface area contributed by atoms with Gasteiger partial charge in [-0.1, -0.05) is 6.07 Å². The first-order valence-electron chi connectivity index (χ1n) is 10.9. The zero-order valence-corrected chi connectivity index (χ0v) is 19.0. The minimum Gasteiger partial charge on any atom is -0.417 e. The first kappa shape index (κ1) is 24.6. The van der Waals surface area contributed by atoms with Crippen molar-refractivity contribution in [2.75, 3.05) is 18.5 Å². The quantitative estimate of drug-likeness (QED) is 0.487. The van der Waals surface area contributed by atoms with Crippen LogP contribution in [0.1, 0.15) is 31.0 Å². The fraction of sp³-hybridized carbons (Fsp3) is 0.320. The molecule has 2 N–H and O–H groups in total. The summed E-state index contributed by atoms with van der Waals surface area (Å²) in [6.45, 7) is 0.808. The molecule has 1 saturated heterocycles. The van der Waals surface area contributed by atoms with Crippen LogP contribution in [0.15, 0.2) is 54.9 Å². The molecule has 1 aromatic carbocycles. The summed E-state index contributed by atoms with van der Waals surface area (Å²) in [4.78, 5) is 21.5. The average Bonchev–Trinajstić information content (AvgIpc) is 2.77. The number of benzene rings is 1. The van der Waals surface area contributed by atoms with E-state index >= 15 is 0 Å². The average molecular weight is 487 g/mol. The maximum Gasteiger partial charge on any atom is 0.388 e. The van der Waals surface area contributed by atoms with E-state index in [1.54, 1.807) is 12.1 Å². The van der Waals surface area contributed by atoms with Gasteiger partial charge in [-0.15, -0.1) is 0 Å². The fourth-order valence-corrected chi connectivity index (χ4v) is 3.87. The highest BCUT2D eigenvalue weighted by molar-refractivity contribution is 5.96. The number of nitrogens with one attached hydrogen (secondary N) is 1. The Hall–Kier alpha value is -3.50. The van der Waals surface area contributed by atoms with Crippen molar-refractivity contribution in [2.45, 2.75) is 32.0 Å². The smallest absolute Gasteiger partial charge is 0.388 e. The van der Waals surface area contributed by atoms with Gasteiger partial charge in [0.25, 0.3) is 0 Å². The number of hydrogen-bond donors (Lipinski definition) is 2. The highest BCUT2D eigenvalue weighted by Crippen LogP contribution is 2.35. The SMILES string of the molecule is CC(C)(O)c1cc(OC(F)F)ncc1-c1ccc(C(C(=O)Nc2ccc(F)cc2)C2COC2)nc1. The van der Waals surface area contributed by atoms with Crippen LogP contribution in [0.2, 0.25) is 0 Å². The van der Waals surface area contributed by atoms with Crippen LogP contribution in [-0.2, 0) is 15.1 Å². The number of carbonyl (C=O) groups excluding carboxylic acids is 1.